The summed E-state index contributed by atoms with van der Waals surface area (Å²) in [5.74, 6) is 1.71. The lowest BCUT2D eigenvalue weighted by molar-refractivity contribution is 0.365. The zero-order valence-corrected chi connectivity index (χ0v) is 11.4. The van der Waals surface area contributed by atoms with E-state index in [2.05, 4.69) is 42.1 Å². The Hall–Kier alpha value is -0.830. The second kappa shape index (κ2) is 5.67. The molecule has 1 aliphatic carbocycles. The zero-order chi connectivity index (χ0) is 12.3. The van der Waals surface area contributed by atoms with Gasteiger partial charge in [0.15, 0.2) is 0 Å². The third-order valence-corrected chi connectivity index (χ3v) is 4.04. The van der Waals surface area contributed by atoms with E-state index in [-0.39, 0.29) is 0 Å². The van der Waals surface area contributed by atoms with Crippen molar-refractivity contribution in [3.05, 3.63) is 17.5 Å². The van der Waals surface area contributed by atoms with Crippen LogP contribution in [0.2, 0.25) is 0 Å². The molecule has 0 aromatic carbocycles. The van der Waals surface area contributed by atoms with Gasteiger partial charge in [0.1, 0.15) is 0 Å². The molecule has 0 spiro atoms. The Bertz CT molecular complexity index is 356. The first-order chi connectivity index (χ1) is 8.24. The van der Waals surface area contributed by atoms with Crippen molar-refractivity contribution in [1.29, 1.82) is 0 Å². The van der Waals surface area contributed by atoms with Crippen molar-refractivity contribution in [3.8, 4) is 0 Å². The van der Waals surface area contributed by atoms with Gasteiger partial charge in [-0.3, -0.25) is 4.68 Å². The molecule has 17 heavy (non-hydrogen) atoms. The van der Waals surface area contributed by atoms with Crippen LogP contribution in [0.4, 0.5) is 0 Å². The monoisotopic (exact) mass is 235 g/mol. The summed E-state index contributed by atoms with van der Waals surface area (Å²) in [5, 5.41) is 7.88. The molecule has 2 atom stereocenters. The number of nitrogens with zero attached hydrogens (tertiary/aromatic N) is 2. The van der Waals surface area contributed by atoms with Gasteiger partial charge in [-0.15, -0.1) is 0 Å². The maximum absolute atomic E-state index is 4.54. The smallest absolute Gasteiger partial charge is 0.0596 e. The molecule has 1 saturated carbocycles. The van der Waals surface area contributed by atoms with Crippen LogP contribution in [0.3, 0.4) is 0 Å². The Morgan fingerprint density at radius 1 is 1.41 bits per heavy atom. The summed E-state index contributed by atoms with van der Waals surface area (Å²) < 4.78 is 2.17. The lowest BCUT2D eigenvalue weighted by atomic mass is 9.91. The van der Waals surface area contributed by atoms with Crippen LogP contribution in [0, 0.1) is 18.8 Å². The predicted octanol–water partition coefficient (Wildman–Crippen LogP) is 2.39. The molecule has 2 unspecified atom stereocenters. The fourth-order valence-corrected chi connectivity index (χ4v) is 3.22. The quantitative estimate of drug-likeness (QED) is 0.849. The summed E-state index contributed by atoms with van der Waals surface area (Å²) in [6, 6.07) is 2.26. The van der Waals surface area contributed by atoms with Gasteiger partial charge in [-0.25, -0.2) is 0 Å². The van der Waals surface area contributed by atoms with E-state index in [1.807, 2.05) is 0 Å². The minimum absolute atomic E-state index is 0.851. The van der Waals surface area contributed by atoms with E-state index >= 15 is 0 Å². The zero-order valence-electron chi connectivity index (χ0n) is 11.4. The molecule has 0 radical (unpaired) electrons. The largest absolute Gasteiger partial charge is 0.319 e. The van der Waals surface area contributed by atoms with Crippen LogP contribution in [0.1, 0.15) is 37.6 Å². The first-order valence-electron chi connectivity index (χ1n) is 6.92. The molecule has 2 rings (SSSR count). The third kappa shape index (κ3) is 2.89. The van der Waals surface area contributed by atoms with E-state index in [1.54, 1.807) is 0 Å². The Morgan fingerprint density at radius 2 is 2.18 bits per heavy atom. The highest BCUT2D eigenvalue weighted by Gasteiger charge is 2.27. The molecule has 0 saturated heterocycles. The highest BCUT2D eigenvalue weighted by atomic mass is 15.3. The summed E-state index contributed by atoms with van der Waals surface area (Å²) in [6.07, 6.45) is 5.39. The Balaban J connectivity index is 2.03. The molecule has 0 amide bonds. The lowest BCUT2D eigenvalue weighted by Gasteiger charge is -2.19. The average molecular weight is 235 g/mol. The number of aromatic nitrogens is 2. The standard InChI is InChI=1S/C14H25N3/c1-4-17-14(8-11(2)16-17)9-12-6-5-7-13(12)10-15-3/h8,12-13,15H,4-7,9-10H2,1-3H3. The minimum Gasteiger partial charge on any atom is -0.319 e. The first kappa shape index (κ1) is 12.6. The van der Waals surface area contributed by atoms with Crippen LogP contribution in [0.15, 0.2) is 6.07 Å². The van der Waals surface area contributed by atoms with E-state index in [0.717, 1.165) is 24.1 Å². The van der Waals surface area contributed by atoms with Gasteiger partial charge in [0.25, 0.3) is 0 Å². The van der Waals surface area contributed by atoms with Crippen LogP contribution in [-0.4, -0.2) is 23.4 Å². The second-order valence-electron chi connectivity index (χ2n) is 5.31. The van der Waals surface area contributed by atoms with Crippen molar-refractivity contribution < 1.29 is 0 Å². The van der Waals surface area contributed by atoms with Crippen LogP contribution >= 0.6 is 0 Å². The molecule has 1 heterocycles. The molecule has 1 fully saturated rings. The molecule has 1 aromatic rings. The molecule has 3 heteroatoms. The highest BCUT2D eigenvalue weighted by molar-refractivity contribution is 5.10. The topological polar surface area (TPSA) is 29.9 Å². The van der Waals surface area contributed by atoms with Crippen molar-refractivity contribution in [1.82, 2.24) is 15.1 Å². The Labute approximate surface area is 105 Å². The molecule has 0 aliphatic heterocycles. The van der Waals surface area contributed by atoms with Gasteiger partial charge in [-0.2, -0.15) is 5.10 Å². The summed E-state index contributed by atoms with van der Waals surface area (Å²) in [6.45, 7) is 6.43. The van der Waals surface area contributed by atoms with Crippen LogP contribution < -0.4 is 5.32 Å². The first-order valence-corrected chi connectivity index (χ1v) is 6.92. The number of hydrogen-bond donors (Lipinski definition) is 1. The van der Waals surface area contributed by atoms with E-state index in [9.17, 15) is 0 Å². The molecule has 3 nitrogen and oxygen atoms in total. The van der Waals surface area contributed by atoms with Crippen molar-refractivity contribution in [2.75, 3.05) is 13.6 Å². The van der Waals surface area contributed by atoms with Gasteiger partial charge in [0.05, 0.1) is 5.69 Å². The third-order valence-electron chi connectivity index (χ3n) is 4.04. The summed E-state index contributed by atoms with van der Waals surface area (Å²) in [7, 11) is 2.07. The van der Waals surface area contributed by atoms with E-state index < -0.39 is 0 Å². The van der Waals surface area contributed by atoms with Gasteiger partial charge in [-0.1, -0.05) is 6.42 Å². The van der Waals surface area contributed by atoms with Gasteiger partial charge in [0, 0.05) is 12.2 Å². The molecular weight excluding hydrogens is 210 g/mol. The Morgan fingerprint density at radius 3 is 2.88 bits per heavy atom. The van der Waals surface area contributed by atoms with E-state index in [1.165, 1.54) is 37.9 Å². The lowest BCUT2D eigenvalue weighted by Crippen LogP contribution is -2.24. The fraction of sp³-hybridized carbons (Fsp3) is 0.786. The second-order valence-corrected chi connectivity index (χ2v) is 5.31. The van der Waals surface area contributed by atoms with Gasteiger partial charge in [0.2, 0.25) is 0 Å². The van der Waals surface area contributed by atoms with Crippen molar-refractivity contribution in [2.24, 2.45) is 11.8 Å². The molecule has 1 aromatic heterocycles. The van der Waals surface area contributed by atoms with E-state index in [4.69, 9.17) is 0 Å². The fourth-order valence-electron chi connectivity index (χ4n) is 3.22. The van der Waals surface area contributed by atoms with Gasteiger partial charge < -0.3 is 5.32 Å². The summed E-state index contributed by atoms with van der Waals surface area (Å²) in [5.41, 5.74) is 2.59. The van der Waals surface area contributed by atoms with Crippen molar-refractivity contribution in [2.45, 2.75) is 46.1 Å². The van der Waals surface area contributed by atoms with E-state index in [0.29, 0.717) is 0 Å². The molecule has 1 aliphatic rings. The number of rotatable bonds is 5. The normalized spacial score (nSPS) is 24.4. The highest BCUT2D eigenvalue weighted by Crippen LogP contribution is 2.33. The Kier molecular flexibility index (Phi) is 4.21. The van der Waals surface area contributed by atoms with Gasteiger partial charge in [-0.05, 0) is 64.6 Å². The summed E-state index contributed by atoms with van der Waals surface area (Å²) >= 11 is 0. The van der Waals surface area contributed by atoms with Crippen molar-refractivity contribution >= 4 is 0 Å². The predicted molar refractivity (Wildman–Crippen MR) is 71.1 cm³/mol. The van der Waals surface area contributed by atoms with Crippen molar-refractivity contribution in [3.63, 3.8) is 0 Å². The van der Waals surface area contributed by atoms with Crippen LogP contribution in [-0.2, 0) is 13.0 Å². The average Bonchev–Trinajstić information content (AvgIpc) is 2.87. The molecule has 1 N–H and O–H groups in total. The minimum atomic E-state index is 0.851. The van der Waals surface area contributed by atoms with Gasteiger partial charge >= 0.3 is 0 Å². The number of nitrogens with one attached hydrogen (secondary N) is 1. The maximum Gasteiger partial charge on any atom is 0.0596 e. The summed E-state index contributed by atoms with van der Waals surface area (Å²) in [4.78, 5) is 0. The van der Waals surface area contributed by atoms with Crippen LogP contribution in [0.25, 0.3) is 0 Å². The molecular formula is C14H25N3. The molecule has 0 bridgehead atoms. The number of aryl methyl sites for hydroxylation is 2. The molecule has 96 valence electrons. The maximum atomic E-state index is 4.54. The number of hydrogen-bond acceptors (Lipinski definition) is 2. The SMILES string of the molecule is CCn1nc(C)cc1CC1CCCC1CNC. The van der Waals surface area contributed by atoms with Crippen LogP contribution in [0.5, 0.6) is 0 Å².